The lowest BCUT2D eigenvalue weighted by molar-refractivity contribution is -0.0634. The van der Waals surface area contributed by atoms with Crippen molar-refractivity contribution >= 4 is 17.4 Å². The fourth-order valence-electron chi connectivity index (χ4n) is 2.10. The zero-order chi connectivity index (χ0) is 15.6. The van der Waals surface area contributed by atoms with Crippen LogP contribution in [0.3, 0.4) is 0 Å². The van der Waals surface area contributed by atoms with Crippen molar-refractivity contribution in [3.05, 3.63) is 63.3 Å². The predicted octanol–water partition coefficient (Wildman–Crippen LogP) is 2.82. The van der Waals surface area contributed by atoms with Gasteiger partial charge in [0.1, 0.15) is 0 Å². The Kier molecular flexibility index (Phi) is 8.60. The summed E-state index contributed by atoms with van der Waals surface area (Å²) in [5, 5.41) is 20.7. The highest BCUT2D eigenvalue weighted by Crippen LogP contribution is 2.32. The van der Waals surface area contributed by atoms with Crippen LogP contribution >= 0.6 is 0 Å². The smallest absolute Gasteiger partial charge is 0.259 e. The van der Waals surface area contributed by atoms with Crippen molar-refractivity contribution < 1.29 is 14.3 Å². The molecule has 0 atom stereocenters. The molecule has 0 unspecified atom stereocenters. The van der Waals surface area contributed by atoms with Crippen LogP contribution in [0.15, 0.2) is 63.3 Å². The molecule has 0 saturated carbocycles. The minimum atomic E-state index is -2.94. The summed E-state index contributed by atoms with van der Waals surface area (Å²) in [5.41, 5.74) is -2.01. The van der Waals surface area contributed by atoms with Gasteiger partial charge in [-0.1, -0.05) is 30.9 Å². The fourth-order valence-corrected chi connectivity index (χ4v) is 9.90. The van der Waals surface area contributed by atoms with Gasteiger partial charge in [0.25, 0.3) is 8.32 Å². The summed E-state index contributed by atoms with van der Waals surface area (Å²) in [6.45, 7) is 18.4. The number of aliphatic hydroxyl groups is 2. The first-order chi connectivity index (χ1) is 9.42. The van der Waals surface area contributed by atoms with Crippen LogP contribution in [0.4, 0.5) is 0 Å². The first-order valence-electron chi connectivity index (χ1n) is 6.62. The SMILES string of the molecule is C=CC[SiH](CC=C)O[Si](CC=C)(CC=C)C(O)(O)C=C. The maximum Gasteiger partial charge on any atom is 0.259 e. The van der Waals surface area contributed by atoms with Crippen LogP contribution < -0.4 is 0 Å². The summed E-state index contributed by atoms with van der Waals surface area (Å²) in [6.07, 6.45) is 8.12. The van der Waals surface area contributed by atoms with E-state index < -0.39 is 22.8 Å². The van der Waals surface area contributed by atoms with E-state index in [1.165, 1.54) is 0 Å². The lowest BCUT2D eigenvalue weighted by atomic mass is 10.6. The van der Waals surface area contributed by atoms with Gasteiger partial charge >= 0.3 is 0 Å². The van der Waals surface area contributed by atoms with Crippen LogP contribution in [0.1, 0.15) is 0 Å². The van der Waals surface area contributed by atoms with Crippen molar-refractivity contribution in [3.8, 4) is 0 Å². The molecule has 20 heavy (non-hydrogen) atoms. The van der Waals surface area contributed by atoms with Gasteiger partial charge in [0, 0.05) is 0 Å². The molecular weight excluding hydrogens is 284 g/mol. The normalized spacial score (nSPS) is 11.9. The molecule has 0 spiro atoms. The number of hydrogen-bond donors (Lipinski definition) is 2. The Hall–Kier alpha value is -0.986. The Morgan fingerprint density at radius 2 is 1.35 bits per heavy atom. The van der Waals surface area contributed by atoms with E-state index in [-0.39, 0.29) is 0 Å². The molecular formula is C15H26O3Si2. The molecule has 0 aliphatic heterocycles. The molecule has 0 aromatic heterocycles. The average Bonchev–Trinajstić information content (AvgIpc) is 2.39. The minimum absolute atomic E-state index is 0.426. The summed E-state index contributed by atoms with van der Waals surface area (Å²) in [6, 6.07) is 2.36. The van der Waals surface area contributed by atoms with Gasteiger partial charge in [0.2, 0.25) is 0 Å². The number of rotatable bonds is 12. The van der Waals surface area contributed by atoms with Gasteiger partial charge in [-0.15, -0.1) is 26.3 Å². The Morgan fingerprint density at radius 3 is 1.65 bits per heavy atom. The fraction of sp³-hybridized carbons (Fsp3) is 0.333. The van der Waals surface area contributed by atoms with E-state index in [1.807, 2.05) is 12.2 Å². The van der Waals surface area contributed by atoms with Gasteiger partial charge in [-0.3, -0.25) is 0 Å². The van der Waals surface area contributed by atoms with Crippen LogP contribution in [0, 0.1) is 0 Å². The molecule has 0 saturated heterocycles. The molecule has 0 heterocycles. The van der Waals surface area contributed by atoms with E-state index in [1.54, 1.807) is 12.2 Å². The van der Waals surface area contributed by atoms with E-state index in [9.17, 15) is 10.2 Å². The standard InChI is InChI=1S/C15H26O3Si2/c1-6-11-19(12-7-2)18-20(13-8-3,14-9-4)15(16,17)10-5/h6-10,16-17,19H,1-5,11-14H2. The quantitative estimate of drug-likeness (QED) is 0.331. The predicted molar refractivity (Wildman–Crippen MR) is 91.4 cm³/mol. The molecule has 0 aromatic carbocycles. The molecule has 0 aliphatic carbocycles. The van der Waals surface area contributed by atoms with Gasteiger partial charge in [0.15, 0.2) is 14.5 Å². The Balaban J connectivity index is 5.50. The van der Waals surface area contributed by atoms with Gasteiger partial charge in [-0.05, 0) is 30.3 Å². The molecule has 0 radical (unpaired) electrons. The first kappa shape index (κ1) is 19.0. The van der Waals surface area contributed by atoms with E-state index in [0.29, 0.717) is 12.1 Å². The Morgan fingerprint density at radius 1 is 0.900 bits per heavy atom. The van der Waals surface area contributed by atoms with E-state index in [2.05, 4.69) is 32.9 Å². The second-order valence-corrected chi connectivity index (χ2v) is 11.4. The van der Waals surface area contributed by atoms with Crippen molar-refractivity contribution in [1.82, 2.24) is 0 Å². The Labute approximate surface area is 125 Å². The second-order valence-electron chi connectivity index (χ2n) is 4.70. The second kappa shape index (κ2) is 9.04. The molecule has 2 N–H and O–H groups in total. The molecule has 0 aliphatic rings. The third kappa shape index (κ3) is 4.84. The molecule has 0 fully saturated rings. The zero-order valence-corrected chi connectivity index (χ0v) is 14.3. The third-order valence-corrected chi connectivity index (χ3v) is 11.5. The van der Waals surface area contributed by atoms with Crippen LogP contribution in [0.5, 0.6) is 0 Å². The molecule has 0 rings (SSSR count). The van der Waals surface area contributed by atoms with Gasteiger partial charge in [0.05, 0.1) is 0 Å². The van der Waals surface area contributed by atoms with Crippen molar-refractivity contribution in [2.24, 2.45) is 0 Å². The number of hydrogen-bond acceptors (Lipinski definition) is 3. The lowest BCUT2D eigenvalue weighted by Gasteiger charge is -2.41. The highest BCUT2D eigenvalue weighted by atomic mass is 28.4. The Bertz CT molecular complexity index is 344. The van der Waals surface area contributed by atoms with E-state index in [0.717, 1.165) is 18.2 Å². The zero-order valence-electron chi connectivity index (χ0n) is 12.1. The molecule has 0 aromatic rings. The maximum atomic E-state index is 10.3. The maximum absolute atomic E-state index is 10.3. The van der Waals surface area contributed by atoms with Crippen molar-refractivity contribution in [3.63, 3.8) is 0 Å². The highest BCUT2D eigenvalue weighted by molar-refractivity contribution is 6.83. The van der Waals surface area contributed by atoms with E-state index >= 15 is 0 Å². The lowest BCUT2D eigenvalue weighted by Crippen LogP contribution is -2.61. The van der Waals surface area contributed by atoms with Gasteiger partial charge in [-0.2, -0.15) is 0 Å². The van der Waals surface area contributed by atoms with Crippen molar-refractivity contribution in [2.75, 3.05) is 0 Å². The summed E-state index contributed by atoms with van der Waals surface area (Å²) in [5.74, 6) is 0. The largest absolute Gasteiger partial charge is 0.453 e. The average molecular weight is 311 g/mol. The summed E-state index contributed by atoms with van der Waals surface area (Å²) >= 11 is 0. The first-order valence-corrected chi connectivity index (χ1v) is 11.1. The molecule has 3 nitrogen and oxygen atoms in total. The van der Waals surface area contributed by atoms with Crippen LogP contribution in [-0.2, 0) is 4.12 Å². The topological polar surface area (TPSA) is 49.7 Å². The number of allylic oxidation sites excluding steroid dienone is 4. The highest BCUT2D eigenvalue weighted by Gasteiger charge is 2.51. The van der Waals surface area contributed by atoms with Crippen LogP contribution in [0.2, 0.25) is 24.2 Å². The summed E-state index contributed by atoms with van der Waals surface area (Å²) in [7, 11) is -4.61. The molecule has 0 amide bonds. The van der Waals surface area contributed by atoms with Crippen molar-refractivity contribution in [1.29, 1.82) is 0 Å². The minimum Gasteiger partial charge on any atom is -0.453 e. The van der Waals surface area contributed by atoms with Crippen molar-refractivity contribution in [2.45, 2.75) is 29.6 Å². The van der Waals surface area contributed by atoms with E-state index in [4.69, 9.17) is 4.12 Å². The monoisotopic (exact) mass is 310 g/mol. The summed E-state index contributed by atoms with van der Waals surface area (Å²) < 4.78 is 6.28. The van der Waals surface area contributed by atoms with Gasteiger partial charge < -0.3 is 14.3 Å². The molecule has 112 valence electrons. The molecule has 5 heteroatoms. The summed E-state index contributed by atoms with van der Waals surface area (Å²) in [4.78, 5) is 0. The van der Waals surface area contributed by atoms with Gasteiger partial charge in [-0.25, -0.2) is 0 Å². The molecule has 0 bridgehead atoms. The third-order valence-electron chi connectivity index (χ3n) is 3.15. The van der Waals surface area contributed by atoms with Crippen LogP contribution in [0.25, 0.3) is 0 Å². The van der Waals surface area contributed by atoms with Crippen LogP contribution in [-0.4, -0.2) is 33.0 Å².